The Bertz CT molecular complexity index is 1110. The molecule has 2 fully saturated rings. The van der Waals surface area contributed by atoms with Crippen LogP contribution in [-0.4, -0.2) is 64.8 Å². The van der Waals surface area contributed by atoms with E-state index in [0.29, 0.717) is 57.9 Å². The van der Waals surface area contributed by atoms with E-state index in [0.717, 1.165) is 29.7 Å². The zero-order valence-corrected chi connectivity index (χ0v) is 23.0. The number of piperazine rings is 1. The van der Waals surface area contributed by atoms with Crippen molar-refractivity contribution in [3.05, 3.63) is 59.7 Å². The predicted molar refractivity (Wildman–Crippen MR) is 152 cm³/mol. The number of carbonyl (C=O) groups excluding carboxylic acids is 3. The van der Waals surface area contributed by atoms with Crippen LogP contribution in [-0.2, 0) is 27.3 Å². The summed E-state index contributed by atoms with van der Waals surface area (Å²) in [6, 6.07) is 14.2. The number of phenolic OH excluding ortho intramolecular Hbond substituents is 1. The molecule has 8 heteroatoms. The molecule has 2 aromatic carbocycles. The Morgan fingerprint density at radius 3 is 2.28 bits per heavy atom. The van der Waals surface area contributed by atoms with Gasteiger partial charge in [-0.05, 0) is 42.5 Å². The molecule has 1 heterocycles. The van der Waals surface area contributed by atoms with Crippen molar-refractivity contribution in [1.82, 2.24) is 15.1 Å². The van der Waals surface area contributed by atoms with Crippen molar-refractivity contribution < 1.29 is 19.5 Å². The summed E-state index contributed by atoms with van der Waals surface area (Å²) in [6.45, 7) is 4.94. The highest BCUT2D eigenvalue weighted by Gasteiger charge is 2.29. The average molecular weight is 535 g/mol. The summed E-state index contributed by atoms with van der Waals surface area (Å²) in [4.78, 5) is 42.3. The molecule has 1 atom stereocenters. The molecule has 1 saturated carbocycles. The largest absolute Gasteiger partial charge is 0.508 e. The fraction of sp³-hybridized carbons (Fsp3) is 0.516. The van der Waals surface area contributed by atoms with Crippen molar-refractivity contribution in [2.75, 3.05) is 31.5 Å². The second kappa shape index (κ2) is 14.1. The van der Waals surface area contributed by atoms with Gasteiger partial charge in [0.1, 0.15) is 11.8 Å². The van der Waals surface area contributed by atoms with Crippen molar-refractivity contribution >= 4 is 23.4 Å². The Morgan fingerprint density at radius 1 is 0.923 bits per heavy atom. The Morgan fingerprint density at radius 2 is 1.62 bits per heavy atom. The summed E-state index contributed by atoms with van der Waals surface area (Å²) in [5.74, 6) is 0.592. The summed E-state index contributed by atoms with van der Waals surface area (Å²) < 4.78 is 0. The van der Waals surface area contributed by atoms with Crippen molar-refractivity contribution in [3.63, 3.8) is 0 Å². The highest BCUT2D eigenvalue weighted by Crippen LogP contribution is 2.26. The zero-order valence-electron chi connectivity index (χ0n) is 23.0. The molecular weight excluding hydrogens is 492 g/mol. The van der Waals surface area contributed by atoms with Gasteiger partial charge in [-0.1, -0.05) is 56.5 Å². The molecule has 210 valence electrons. The van der Waals surface area contributed by atoms with Gasteiger partial charge in [-0.15, -0.1) is 0 Å². The number of hydrogen-bond donors (Lipinski definition) is 3. The average Bonchev–Trinajstić information content (AvgIpc) is 2.95. The molecule has 1 saturated heterocycles. The summed E-state index contributed by atoms with van der Waals surface area (Å²) in [5, 5.41) is 16.0. The first-order chi connectivity index (χ1) is 18.9. The number of hydrogen-bond acceptors (Lipinski definition) is 5. The summed E-state index contributed by atoms with van der Waals surface area (Å²) in [6.07, 6.45) is 7.25. The lowest BCUT2D eigenvalue weighted by molar-refractivity contribution is -0.138. The molecule has 1 aliphatic heterocycles. The third-order valence-corrected chi connectivity index (χ3v) is 7.90. The van der Waals surface area contributed by atoms with Crippen LogP contribution >= 0.6 is 0 Å². The van der Waals surface area contributed by atoms with Gasteiger partial charge in [0.05, 0.1) is 0 Å². The number of phenols is 1. The lowest BCUT2D eigenvalue weighted by Crippen LogP contribution is -2.55. The maximum absolute atomic E-state index is 13.5. The lowest BCUT2D eigenvalue weighted by Gasteiger charge is -2.36. The first-order valence-electron chi connectivity index (χ1n) is 14.4. The molecule has 4 rings (SSSR count). The second-order valence-electron chi connectivity index (χ2n) is 10.9. The van der Waals surface area contributed by atoms with Crippen LogP contribution in [0.25, 0.3) is 0 Å². The van der Waals surface area contributed by atoms with E-state index in [9.17, 15) is 19.5 Å². The van der Waals surface area contributed by atoms with Gasteiger partial charge in [-0.3, -0.25) is 19.3 Å². The van der Waals surface area contributed by atoms with Gasteiger partial charge in [0.2, 0.25) is 17.7 Å². The fourth-order valence-electron chi connectivity index (χ4n) is 5.55. The number of para-hydroxylation sites is 1. The molecule has 2 aliphatic rings. The lowest BCUT2D eigenvalue weighted by atomic mass is 9.87. The van der Waals surface area contributed by atoms with Gasteiger partial charge in [0.15, 0.2) is 0 Å². The number of amides is 3. The van der Waals surface area contributed by atoms with E-state index < -0.39 is 6.04 Å². The summed E-state index contributed by atoms with van der Waals surface area (Å²) >= 11 is 0. The van der Waals surface area contributed by atoms with Gasteiger partial charge in [-0.25, -0.2) is 0 Å². The molecule has 0 aromatic heterocycles. The van der Waals surface area contributed by atoms with Crippen LogP contribution in [0.4, 0.5) is 5.69 Å². The number of anilines is 1. The first kappa shape index (κ1) is 28.6. The van der Waals surface area contributed by atoms with Crippen LogP contribution in [0.5, 0.6) is 5.75 Å². The molecule has 8 nitrogen and oxygen atoms in total. The number of aromatic hydroxyl groups is 1. The molecule has 3 N–H and O–H groups in total. The van der Waals surface area contributed by atoms with Gasteiger partial charge in [0.25, 0.3) is 0 Å². The number of rotatable bonds is 10. The van der Waals surface area contributed by atoms with Crippen LogP contribution in [0, 0.1) is 5.92 Å². The molecule has 0 spiro atoms. The maximum atomic E-state index is 13.5. The SMILES string of the molecule is CCC(=O)N[C@H](Cc1ccc(NC(=O)CC2CCCCC2)cc1)C(=O)N1CCN(Cc2ccccc2O)CC1. The van der Waals surface area contributed by atoms with E-state index in [2.05, 4.69) is 15.5 Å². The highest BCUT2D eigenvalue weighted by atomic mass is 16.3. The minimum Gasteiger partial charge on any atom is -0.508 e. The molecule has 3 amide bonds. The monoisotopic (exact) mass is 534 g/mol. The normalized spacial score (nSPS) is 17.4. The fourth-order valence-corrected chi connectivity index (χ4v) is 5.55. The van der Waals surface area contributed by atoms with E-state index >= 15 is 0 Å². The van der Waals surface area contributed by atoms with Crippen LogP contribution in [0.15, 0.2) is 48.5 Å². The standard InChI is InChI=1S/C31H42N4O4/c1-2-29(37)33-27(31(39)35-18-16-34(17-19-35)22-25-10-6-7-11-28(25)36)20-24-12-14-26(15-13-24)32-30(38)21-23-8-4-3-5-9-23/h6-7,10-15,23,27,36H,2-5,8-9,16-22H2,1H3,(H,32,38)(H,33,37)/t27-/m1/s1. The Balaban J connectivity index is 1.31. The van der Waals surface area contributed by atoms with Crippen LogP contribution in [0.2, 0.25) is 0 Å². The number of nitrogens with one attached hydrogen (secondary N) is 2. The zero-order chi connectivity index (χ0) is 27.6. The molecule has 0 radical (unpaired) electrons. The van der Waals surface area contributed by atoms with Crippen LogP contribution in [0.3, 0.4) is 0 Å². The van der Waals surface area contributed by atoms with Gasteiger partial charge in [0, 0.05) is 63.2 Å². The summed E-state index contributed by atoms with van der Waals surface area (Å²) in [5.41, 5.74) is 2.55. The molecule has 2 aromatic rings. The molecular formula is C31H42N4O4. The highest BCUT2D eigenvalue weighted by molar-refractivity contribution is 5.91. The van der Waals surface area contributed by atoms with E-state index in [4.69, 9.17) is 0 Å². The van der Waals surface area contributed by atoms with Crippen molar-refractivity contribution in [2.24, 2.45) is 5.92 Å². The molecule has 0 unspecified atom stereocenters. The smallest absolute Gasteiger partial charge is 0.245 e. The molecule has 1 aliphatic carbocycles. The Labute approximate surface area is 231 Å². The van der Waals surface area contributed by atoms with E-state index in [1.165, 1.54) is 19.3 Å². The first-order valence-corrected chi connectivity index (χ1v) is 14.4. The van der Waals surface area contributed by atoms with Crippen molar-refractivity contribution in [1.29, 1.82) is 0 Å². The van der Waals surface area contributed by atoms with Crippen LogP contribution < -0.4 is 10.6 Å². The van der Waals surface area contributed by atoms with Gasteiger partial charge in [-0.2, -0.15) is 0 Å². The molecule has 0 bridgehead atoms. The Kier molecular flexibility index (Phi) is 10.4. The van der Waals surface area contributed by atoms with Crippen molar-refractivity contribution in [3.8, 4) is 5.75 Å². The predicted octanol–water partition coefficient (Wildman–Crippen LogP) is 4.08. The van der Waals surface area contributed by atoms with Crippen LogP contribution in [0.1, 0.15) is 63.0 Å². The quantitative estimate of drug-likeness (QED) is 0.426. The topological polar surface area (TPSA) is 102 Å². The van der Waals surface area contributed by atoms with Gasteiger partial charge >= 0.3 is 0 Å². The molecule has 39 heavy (non-hydrogen) atoms. The minimum atomic E-state index is -0.645. The van der Waals surface area contributed by atoms with Gasteiger partial charge < -0.3 is 20.6 Å². The van der Waals surface area contributed by atoms with E-state index in [1.807, 2.05) is 47.4 Å². The number of benzene rings is 2. The minimum absolute atomic E-state index is 0.0551. The van der Waals surface area contributed by atoms with E-state index in [-0.39, 0.29) is 23.5 Å². The maximum Gasteiger partial charge on any atom is 0.245 e. The number of carbonyl (C=O) groups is 3. The van der Waals surface area contributed by atoms with Crippen molar-refractivity contribution in [2.45, 2.75) is 70.9 Å². The third-order valence-electron chi connectivity index (χ3n) is 7.90. The third kappa shape index (κ3) is 8.55. The second-order valence-corrected chi connectivity index (χ2v) is 10.9. The Hall–Kier alpha value is -3.39. The summed E-state index contributed by atoms with van der Waals surface area (Å²) in [7, 11) is 0. The number of nitrogens with zero attached hydrogens (tertiary/aromatic N) is 2. The van der Waals surface area contributed by atoms with E-state index in [1.54, 1.807) is 13.0 Å².